The van der Waals surface area contributed by atoms with Gasteiger partial charge < -0.3 is 20.1 Å². The van der Waals surface area contributed by atoms with E-state index in [-0.39, 0.29) is 29.9 Å². The molecule has 142 valence electrons. The topological polar surface area (TPSA) is 78.9 Å². The van der Waals surface area contributed by atoms with Gasteiger partial charge in [0.1, 0.15) is 11.5 Å². The number of hydrogen-bond donors (Lipinski definition) is 2. The second kappa shape index (κ2) is 8.58. The largest absolute Gasteiger partial charge is 0.508 e. The van der Waals surface area contributed by atoms with Crippen LogP contribution in [-0.4, -0.2) is 42.0 Å². The average Bonchev–Trinajstić information content (AvgIpc) is 3.04. The van der Waals surface area contributed by atoms with Crippen molar-refractivity contribution in [3.05, 3.63) is 59.7 Å². The zero-order chi connectivity index (χ0) is 19.2. The number of benzene rings is 2. The number of carbonyl (C=O) groups is 2. The first-order valence-electron chi connectivity index (χ1n) is 9.01. The van der Waals surface area contributed by atoms with Crippen LogP contribution in [0.5, 0.6) is 11.5 Å². The number of amides is 2. The number of nitrogens with one attached hydrogen (secondary N) is 1. The van der Waals surface area contributed by atoms with Gasteiger partial charge in [-0.25, -0.2) is 0 Å². The molecule has 1 fully saturated rings. The standard InChI is InChI=1S/C21H24N2O4/c1-27-19-8-4-16(5-9-19)13-23-14-17(12-20(23)25)21(26)22-11-10-15-2-6-18(24)7-3-15/h2-9,17,24H,10-14H2,1H3,(H,22,26). The summed E-state index contributed by atoms with van der Waals surface area (Å²) < 4.78 is 5.14. The van der Waals surface area contributed by atoms with E-state index in [9.17, 15) is 14.7 Å². The van der Waals surface area contributed by atoms with E-state index in [0.717, 1.165) is 16.9 Å². The Kier molecular flexibility index (Phi) is 5.96. The predicted octanol–water partition coefficient (Wildman–Crippen LogP) is 2.11. The van der Waals surface area contributed by atoms with E-state index in [2.05, 4.69) is 5.32 Å². The molecule has 2 aromatic carbocycles. The van der Waals surface area contributed by atoms with Crippen LogP contribution < -0.4 is 10.1 Å². The highest BCUT2D eigenvalue weighted by Crippen LogP contribution is 2.21. The number of hydrogen-bond acceptors (Lipinski definition) is 4. The maximum Gasteiger partial charge on any atom is 0.225 e. The molecule has 0 aromatic heterocycles. The van der Waals surface area contributed by atoms with Gasteiger partial charge in [0.2, 0.25) is 11.8 Å². The highest BCUT2D eigenvalue weighted by atomic mass is 16.5. The SMILES string of the molecule is COc1ccc(CN2CC(C(=O)NCCc3ccc(O)cc3)CC2=O)cc1. The normalized spacial score (nSPS) is 16.4. The predicted molar refractivity (Wildman–Crippen MR) is 101 cm³/mol. The van der Waals surface area contributed by atoms with Crippen molar-refractivity contribution >= 4 is 11.8 Å². The first-order chi connectivity index (χ1) is 13.0. The minimum atomic E-state index is -0.310. The van der Waals surface area contributed by atoms with Gasteiger partial charge in [0, 0.05) is 26.1 Å². The molecule has 6 heteroatoms. The van der Waals surface area contributed by atoms with Gasteiger partial charge in [0.25, 0.3) is 0 Å². The number of methoxy groups -OCH3 is 1. The van der Waals surface area contributed by atoms with Gasteiger partial charge in [0.15, 0.2) is 0 Å². The molecule has 3 rings (SSSR count). The lowest BCUT2D eigenvalue weighted by Crippen LogP contribution is -2.34. The maximum atomic E-state index is 12.4. The molecule has 2 amide bonds. The third kappa shape index (κ3) is 5.00. The summed E-state index contributed by atoms with van der Waals surface area (Å²) in [6.07, 6.45) is 0.934. The van der Waals surface area contributed by atoms with Crippen LogP contribution >= 0.6 is 0 Å². The van der Waals surface area contributed by atoms with Gasteiger partial charge in [-0.2, -0.15) is 0 Å². The van der Waals surface area contributed by atoms with Crippen LogP contribution in [0, 0.1) is 5.92 Å². The van der Waals surface area contributed by atoms with E-state index < -0.39 is 0 Å². The summed E-state index contributed by atoms with van der Waals surface area (Å²) in [6.45, 7) is 1.45. The second-order valence-corrected chi connectivity index (χ2v) is 6.73. The molecule has 1 saturated heterocycles. The van der Waals surface area contributed by atoms with Gasteiger partial charge in [-0.3, -0.25) is 9.59 Å². The van der Waals surface area contributed by atoms with Crippen LogP contribution in [0.3, 0.4) is 0 Å². The summed E-state index contributed by atoms with van der Waals surface area (Å²) in [5.74, 6) is 0.612. The third-order valence-corrected chi connectivity index (χ3v) is 4.77. The Morgan fingerprint density at radius 3 is 2.48 bits per heavy atom. The highest BCUT2D eigenvalue weighted by molar-refractivity contribution is 5.89. The molecule has 0 spiro atoms. The number of nitrogens with zero attached hydrogens (tertiary/aromatic N) is 1. The molecule has 0 aliphatic carbocycles. The Bertz CT molecular complexity index is 787. The van der Waals surface area contributed by atoms with Crippen molar-refractivity contribution in [3.63, 3.8) is 0 Å². The minimum absolute atomic E-state index is 0.00417. The Labute approximate surface area is 158 Å². The maximum absolute atomic E-state index is 12.4. The van der Waals surface area contributed by atoms with Crippen molar-refractivity contribution in [1.82, 2.24) is 10.2 Å². The quantitative estimate of drug-likeness (QED) is 0.785. The van der Waals surface area contributed by atoms with Crippen molar-refractivity contribution < 1.29 is 19.4 Å². The lowest BCUT2D eigenvalue weighted by molar-refractivity contribution is -0.129. The van der Waals surface area contributed by atoms with Crippen LogP contribution in [0.4, 0.5) is 0 Å². The smallest absolute Gasteiger partial charge is 0.225 e. The molecule has 2 aromatic rings. The fraction of sp³-hybridized carbons (Fsp3) is 0.333. The molecule has 1 aliphatic rings. The van der Waals surface area contributed by atoms with Crippen LogP contribution in [0.25, 0.3) is 0 Å². The summed E-state index contributed by atoms with van der Waals surface area (Å²) in [5, 5.41) is 12.2. The zero-order valence-corrected chi connectivity index (χ0v) is 15.4. The molecular formula is C21H24N2O4. The molecule has 1 atom stereocenters. The average molecular weight is 368 g/mol. The number of phenolic OH excluding ortho intramolecular Hbond substituents is 1. The Hall–Kier alpha value is -3.02. The Balaban J connectivity index is 1.47. The second-order valence-electron chi connectivity index (χ2n) is 6.73. The summed E-state index contributed by atoms with van der Waals surface area (Å²) in [4.78, 5) is 26.3. The van der Waals surface area contributed by atoms with E-state index >= 15 is 0 Å². The number of carbonyl (C=O) groups excluding carboxylic acids is 2. The zero-order valence-electron chi connectivity index (χ0n) is 15.4. The molecule has 0 saturated carbocycles. The third-order valence-electron chi connectivity index (χ3n) is 4.77. The first kappa shape index (κ1) is 18.8. The number of aromatic hydroxyl groups is 1. The number of ether oxygens (including phenoxy) is 1. The first-order valence-corrected chi connectivity index (χ1v) is 9.01. The van der Waals surface area contributed by atoms with Crippen molar-refractivity contribution in [2.45, 2.75) is 19.4 Å². The van der Waals surface area contributed by atoms with Crippen molar-refractivity contribution in [3.8, 4) is 11.5 Å². The van der Waals surface area contributed by atoms with E-state index in [4.69, 9.17) is 4.74 Å². The molecule has 0 radical (unpaired) electrons. The van der Waals surface area contributed by atoms with E-state index in [1.165, 1.54) is 0 Å². The molecule has 6 nitrogen and oxygen atoms in total. The molecule has 1 heterocycles. The van der Waals surface area contributed by atoms with Crippen LogP contribution in [0.1, 0.15) is 17.5 Å². The fourth-order valence-corrected chi connectivity index (χ4v) is 3.19. The molecule has 2 N–H and O–H groups in total. The summed E-state index contributed by atoms with van der Waals surface area (Å²) in [7, 11) is 1.61. The number of phenols is 1. The molecular weight excluding hydrogens is 344 g/mol. The van der Waals surface area contributed by atoms with Gasteiger partial charge in [-0.1, -0.05) is 24.3 Å². The highest BCUT2D eigenvalue weighted by Gasteiger charge is 2.33. The van der Waals surface area contributed by atoms with E-state index in [0.29, 0.717) is 26.1 Å². The van der Waals surface area contributed by atoms with Crippen molar-refractivity contribution in [2.24, 2.45) is 5.92 Å². The fourth-order valence-electron chi connectivity index (χ4n) is 3.19. The monoisotopic (exact) mass is 368 g/mol. The van der Waals surface area contributed by atoms with E-state index in [1.807, 2.05) is 36.4 Å². The lowest BCUT2D eigenvalue weighted by Gasteiger charge is -2.17. The van der Waals surface area contributed by atoms with Crippen LogP contribution in [0.15, 0.2) is 48.5 Å². The summed E-state index contributed by atoms with van der Waals surface area (Å²) in [5.41, 5.74) is 2.05. The molecule has 0 bridgehead atoms. The van der Waals surface area contributed by atoms with E-state index in [1.54, 1.807) is 24.1 Å². The molecule has 1 aliphatic heterocycles. The molecule has 1 unspecified atom stereocenters. The van der Waals surface area contributed by atoms with Crippen molar-refractivity contribution in [1.29, 1.82) is 0 Å². The van der Waals surface area contributed by atoms with Crippen LogP contribution in [-0.2, 0) is 22.6 Å². The number of likely N-dealkylation sites (tertiary alicyclic amines) is 1. The minimum Gasteiger partial charge on any atom is -0.508 e. The summed E-state index contributed by atoms with van der Waals surface area (Å²) >= 11 is 0. The van der Waals surface area contributed by atoms with Gasteiger partial charge in [-0.15, -0.1) is 0 Å². The lowest BCUT2D eigenvalue weighted by atomic mass is 10.1. The van der Waals surface area contributed by atoms with Gasteiger partial charge in [0.05, 0.1) is 13.0 Å². The Morgan fingerprint density at radius 1 is 1.15 bits per heavy atom. The van der Waals surface area contributed by atoms with Crippen molar-refractivity contribution in [2.75, 3.05) is 20.2 Å². The van der Waals surface area contributed by atoms with Gasteiger partial charge in [-0.05, 0) is 41.8 Å². The summed E-state index contributed by atoms with van der Waals surface area (Å²) in [6, 6.07) is 14.5. The molecule has 27 heavy (non-hydrogen) atoms. The number of rotatable bonds is 7. The van der Waals surface area contributed by atoms with Gasteiger partial charge >= 0.3 is 0 Å². The Morgan fingerprint density at radius 2 is 1.81 bits per heavy atom. The van der Waals surface area contributed by atoms with Crippen LogP contribution in [0.2, 0.25) is 0 Å².